The van der Waals surface area contributed by atoms with Crippen LogP contribution < -0.4 is 20.1 Å². The summed E-state index contributed by atoms with van der Waals surface area (Å²) in [5, 5.41) is 5.16. The molecule has 2 unspecified atom stereocenters. The molecule has 4 rings (SSSR count). The third-order valence-corrected chi connectivity index (χ3v) is 8.38. The number of alkyl carbamates (subject to hydrolysis) is 1. The normalized spacial score (nSPS) is 24.1. The maximum atomic E-state index is 13.6. The Hall–Kier alpha value is -2.68. The van der Waals surface area contributed by atoms with Gasteiger partial charge in [0.15, 0.2) is 0 Å². The van der Waals surface area contributed by atoms with Crippen LogP contribution in [0, 0.1) is 11.3 Å². The van der Waals surface area contributed by atoms with Crippen molar-refractivity contribution in [2.24, 2.45) is 11.3 Å². The number of imide groups is 1. The molecule has 1 aromatic rings. The molecule has 9 heteroatoms. The fourth-order valence-electron chi connectivity index (χ4n) is 5.33. The Bertz CT molecular complexity index is 1000. The molecule has 190 valence electrons. The number of benzene rings is 1. The number of amides is 3. The van der Waals surface area contributed by atoms with Crippen LogP contribution in [-0.2, 0) is 14.3 Å². The largest absolute Gasteiger partial charge is 0.497 e. The number of nitrogens with one attached hydrogen (secondary N) is 2. The first-order valence-corrected chi connectivity index (χ1v) is 13.3. The molecule has 2 fully saturated rings. The SMILES string of the molecule is COc1ccc2c(c1)C=C(C(=O)NC1SCCC1(C(=O)NC(=O)OC(C)C)C1CCCCC1)CO2. The van der Waals surface area contributed by atoms with E-state index in [1.54, 1.807) is 38.8 Å². The van der Waals surface area contributed by atoms with Gasteiger partial charge in [0.2, 0.25) is 5.91 Å². The van der Waals surface area contributed by atoms with Gasteiger partial charge in [-0.1, -0.05) is 19.3 Å². The maximum absolute atomic E-state index is 13.6. The molecule has 1 aliphatic carbocycles. The molecule has 0 radical (unpaired) electrons. The van der Waals surface area contributed by atoms with Crippen LogP contribution in [0.5, 0.6) is 11.5 Å². The minimum absolute atomic E-state index is 0.0879. The van der Waals surface area contributed by atoms with Crippen molar-refractivity contribution in [3.63, 3.8) is 0 Å². The van der Waals surface area contributed by atoms with E-state index in [0.29, 0.717) is 23.5 Å². The summed E-state index contributed by atoms with van der Waals surface area (Å²) in [5.41, 5.74) is 0.386. The van der Waals surface area contributed by atoms with Crippen molar-refractivity contribution in [2.45, 2.75) is 63.9 Å². The summed E-state index contributed by atoms with van der Waals surface area (Å²) in [6.07, 6.45) is 6.36. The Morgan fingerprint density at radius 3 is 2.66 bits per heavy atom. The average Bonchev–Trinajstić information content (AvgIpc) is 3.27. The Labute approximate surface area is 210 Å². The van der Waals surface area contributed by atoms with Gasteiger partial charge in [0, 0.05) is 5.56 Å². The number of rotatable bonds is 6. The van der Waals surface area contributed by atoms with E-state index in [1.165, 1.54) is 0 Å². The van der Waals surface area contributed by atoms with E-state index in [9.17, 15) is 14.4 Å². The lowest BCUT2D eigenvalue weighted by Gasteiger charge is -2.42. The van der Waals surface area contributed by atoms with Crippen LogP contribution in [0.2, 0.25) is 0 Å². The third-order valence-electron chi connectivity index (χ3n) is 7.07. The molecule has 2 atom stereocenters. The number of fused-ring (bicyclic) bond motifs is 1. The van der Waals surface area contributed by atoms with Gasteiger partial charge in [0.1, 0.15) is 18.1 Å². The predicted molar refractivity (Wildman–Crippen MR) is 134 cm³/mol. The lowest BCUT2D eigenvalue weighted by atomic mass is 9.66. The summed E-state index contributed by atoms with van der Waals surface area (Å²) in [7, 11) is 1.59. The van der Waals surface area contributed by atoms with Gasteiger partial charge in [-0.2, -0.15) is 0 Å². The van der Waals surface area contributed by atoms with Crippen molar-refractivity contribution in [3.8, 4) is 11.5 Å². The summed E-state index contributed by atoms with van der Waals surface area (Å²) < 4.78 is 16.3. The van der Waals surface area contributed by atoms with Crippen molar-refractivity contribution >= 4 is 35.7 Å². The second-order valence-corrected chi connectivity index (χ2v) is 10.8. The molecule has 3 aliphatic rings. The molecule has 1 aromatic carbocycles. The zero-order valence-electron chi connectivity index (χ0n) is 20.6. The first-order chi connectivity index (χ1) is 16.8. The van der Waals surface area contributed by atoms with Crippen molar-refractivity contribution in [1.29, 1.82) is 0 Å². The molecular weight excluding hydrogens is 468 g/mol. The molecule has 2 N–H and O–H groups in total. The van der Waals surface area contributed by atoms with Gasteiger partial charge in [-0.15, -0.1) is 11.8 Å². The van der Waals surface area contributed by atoms with Crippen LogP contribution in [0.1, 0.15) is 57.9 Å². The van der Waals surface area contributed by atoms with E-state index in [2.05, 4.69) is 10.6 Å². The lowest BCUT2D eigenvalue weighted by Crippen LogP contribution is -2.57. The van der Waals surface area contributed by atoms with Crippen LogP contribution in [0.3, 0.4) is 0 Å². The first kappa shape index (κ1) is 25.4. The molecule has 2 aliphatic heterocycles. The maximum Gasteiger partial charge on any atom is 0.414 e. The topological polar surface area (TPSA) is 103 Å². The Morgan fingerprint density at radius 1 is 1.17 bits per heavy atom. The number of carbonyl (C=O) groups is 3. The highest BCUT2D eigenvalue weighted by Gasteiger charge is 2.55. The van der Waals surface area contributed by atoms with Gasteiger partial charge in [-0.3, -0.25) is 14.9 Å². The molecule has 8 nitrogen and oxygen atoms in total. The van der Waals surface area contributed by atoms with Crippen molar-refractivity contribution in [3.05, 3.63) is 29.3 Å². The number of methoxy groups -OCH3 is 1. The highest BCUT2D eigenvalue weighted by atomic mass is 32.2. The molecule has 2 heterocycles. The van der Waals surface area contributed by atoms with E-state index in [4.69, 9.17) is 14.2 Å². The second kappa shape index (κ2) is 10.9. The van der Waals surface area contributed by atoms with Gasteiger partial charge >= 0.3 is 6.09 Å². The lowest BCUT2D eigenvalue weighted by molar-refractivity contribution is -0.135. The highest BCUT2D eigenvalue weighted by molar-refractivity contribution is 8.00. The van der Waals surface area contributed by atoms with E-state index in [-0.39, 0.29) is 30.4 Å². The summed E-state index contributed by atoms with van der Waals surface area (Å²) in [5.74, 6) is 1.56. The Balaban J connectivity index is 1.56. The summed E-state index contributed by atoms with van der Waals surface area (Å²) in [6, 6.07) is 5.46. The summed E-state index contributed by atoms with van der Waals surface area (Å²) >= 11 is 1.56. The zero-order valence-corrected chi connectivity index (χ0v) is 21.4. The molecule has 1 saturated carbocycles. The van der Waals surface area contributed by atoms with Gasteiger partial charge in [0.05, 0.1) is 29.6 Å². The van der Waals surface area contributed by atoms with Crippen molar-refractivity contribution in [1.82, 2.24) is 10.6 Å². The predicted octanol–water partition coefficient (Wildman–Crippen LogP) is 4.28. The van der Waals surface area contributed by atoms with Gasteiger partial charge in [-0.05, 0) is 69.1 Å². The highest BCUT2D eigenvalue weighted by Crippen LogP contribution is 2.52. The molecule has 3 amide bonds. The fourth-order valence-corrected chi connectivity index (χ4v) is 6.92. The van der Waals surface area contributed by atoms with E-state index in [0.717, 1.165) is 43.4 Å². The molecule has 35 heavy (non-hydrogen) atoms. The molecule has 0 spiro atoms. The van der Waals surface area contributed by atoms with E-state index in [1.807, 2.05) is 18.2 Å². The number of hydrogen-bond acceptors (Lipinski definition) is 7. The number of ether oxygens (including phenoxy) is 3. The third kappa shape index (κ3) is 5.44. The zero-order chi connectivity index (χ0) is 25.0. The van der Waals surface area contributed by atoms with Gasteiger partial charge in [0.25, 0.3) is 5.91 Å². The summed E-state index contributed by atoms with van der Waals surface area (Å²) in [4.78, 5) is 39.3. The molecule has 0 bridgehead atoms. The fraction of sp³-hybridized carbons (Fsp3) is 0.577. The van der Waals surface area contributed by atoms with E-state index >= 15 is 0 Å². The minimum atomic E-state index is -0.867. The van der Waals surface area contributed by atoms with Crippen LogP contribution in [0.25, 0.3) is 6.08 Å². The van der Waals surface area contributed by atoms with Crippen LogP contribution in [0.15, 0.2) is 23.8 Å². The quantitative estimate of drug-likeness (QED) is 0.599. The van der Waals surface area contributed by atoms with Crippen molar-refractivity contribution in [2.75, 3.05) is 19.5 Å². The van der Waals surface area contributed by atoms with Gasteiger partial charge in [-0.25, -0.2) is 4.79 Å². The number of hydrogen-bond donors (Lipinski definition) is 2. The molecular formula is C26H34N2O6S. The number of thioether (sulfide) groups is 1. The Kier molecular flexibility index (Phi) is 7.94. The standard InChI is InChI=1S/C26H34N2O6S/c1-16(2)34-25(31)28-23(30)26(19-7-5-4-6-8-19)11-12-35-24(26)27-22(29)18-13-17-14-20(32-3)9-10-21(17)33-15-18/h9-10,13-14,16,19,24H,4-8,11-12,15H2,1-3H3,(H,27,29)(H,28,30,31). The second-order valence-electron chi connectivity index (χ2n) is 9.62. The Morgan fingerprint density at radius 2 is 1.94 bits per heavy atom. The van der Waals surface area contributed by atoms with E-state index < -0.39 is 16.9 Å². The van der Waals surface area contributed by atoms with Crippen LogP contribution in [0.4, 0.5) is 4.79 Å². The van der Waals surface area contributed by atoms with Crippen molar-refractivity contribution < 1.29 is 28.6 Å². The van der Waals surface area contributed by atoms with Crippen LogP contribution in [-0.4, -0.2) is 48.9 Å². The van der Waals surface area contributed by atoms with Gasteiger partial charge < -0.3 is 19.5 Å². The summed E-state index contributed by atoms with van der Waals surface area (Å²) in [6.45, 7) is 3.62. The average molecular weight is 503 g/mol. The number of carbonyl (C=O) groups excluding carboxylic acids is 3. The first-order valence-electron chi connectivity index (χ1n) is 12.3. The monoisotopic (exact) mass is 502 g/mol. The minimum Gasteiger partial charge on any atom is -0.497 e. The molecule has 1 saturated heterocycles. The van der Waals surface area contributed by atoms with Crippen LogP contribution >= 0.6 is 11.8 Å². The smallest absolute Gasteiger partial charge is 0.414 e. The molecule has 0 aromatic heterocycles.